The highest BCUT2D eigenvalue weighted by Gasteiger charge is 2.36. The van der Waals surface area contributed by atoms with Gasteiger partial charge in [0.2, 0.25) is 0 Å². The Hall–Kier alpha value is -3.12. The Morgan fingerprint density at radius 1 is 1.03 bits per heavy atom. The van der Waals surface area contributed by atoms with Crippen LogP contribution in [0.15, 0.2) is 65.1 Å². The van der Waals surface area contributed by atoms with Crippen molar-refractivity contribution in [3.8, 4) is 11.3 Å². The SMILES string of the molecule is O=C1c2ccccc2NC(c2ccc(-c3ccccc3F)o2)N1CC1CCCO1. The van der Waals surface area contributed by atoms with Gasteiger partial charge in [-0.3, -0.25) is 4.79 Å². The smallest absolute Gasteiger partial charge is 0.258 e. The van der Waals surface area contributed by atoms with E-state index in [2.05, 4.69) is 5.32 Å². The van der Waals surface area contributed by atoms with Gasteiger partial charge in [-0.15, -0.1) is 0 Å². The fourth-order valence-corrected chi connectivity index (χ4v) is 4.02. The monoisotopic (exact) mass is 392 g/mol. The van der Waals surface area contributed by atoms with Crippen molar-refractivity contribution in [2.45, 2.75) is 25.1 Å². The first-order chi connectivity index (χ1) is 14.2. The van der Waals surface area contributed by atoms with Crippen LogP contribution in [0.2, 0.25) is 0 Å². The Morgan fingerprint density at radius 2 is 1.83 bits per heavy atom. The highest BCUT2D eigenvalue weighted by atomic mass is 19.1. The second-order valence-electron chi connectivity index (χ2n) is 7.37. The van der Waals surface area contributed by atoms with Gasteiger partial charge in [0, 0.05) is 18.8 Å². The highest BCUT2D eigenvalue weighted by Crippen LogP contribution is 2.36. The van der Waals surface area contributed by atoms with Gasteiger partial charge in [0.15, 0.2) is 6.17 Å². The average Bonchev–Trinajstić information content (AvgIpc) is 3.43. The molecule has 6 heteroatoms. The summed E-state index contributed by atoms with van der Waals surface area (Å²) in [4.78, 5) is 15.0. The van der Waals surface area contributed by atoms with Crippen molar-refractivity contribution in [2.24, 2.45) is 0 Å². The third-order valence-electron chi connectivity index (χ3n) is 5.48. The van der Waals surface area contributed by atoms with Crippen molar-refractivity contribution in [2.75, 3.05) is 18.5 Å². The molecule has 5 nitrogen and oxygen atoms in total. The number of halogens is 1. The minimum atomic E-state index is -0.484. The molecule has 0 aliphatic carbocycles. The van der Waals surface area contributed by atoms with Crippen LogP contribution in [0.4, 0.5) is 10.1 Å². The number of furan rings is 1. The molecule has 1 saturated heterocycles. The average molecular weight is 392 g/mol. The summed E-state index contributed by atoms with van der Waals surface area (Å²) < 4.78 is 26.0. The van der Waals surface area contributed by atoms with Crippen LogP contribution in [0.5, 0.6) is 0 Å². The Morgan fingerprint density at radius 3 is 2.62 bits per heavy atom. The molecule has 0 saturated carbocycles. The summed E-state index contributed by atoms with van der Waals surface area (Å²) in [6.45, 7) is 1.19. The molecule has 3 aromatic rings. The van der Waals surface area contributed by atoms with Crippen LogP contribution in [0.25, 0.3) is 11.3 Å². The van der Waals surface area contributed by atoms with Gasteiger partial charge in [-0.1, -0.05) is 24.3 Å². The Kier molecular flexibility index (Phi) is 4.56. The van der Waals surface area contributed by atoms with Gasteiger partial charge in [0.05, 0.1) is 17.2 Å². The molecule has 2 atom stereocenters. The number of amides is 1. The lowest BCUT2D eigenvalue weighted by molar-refractivity contribution is 0.0403. The molecule has 0 radical (unpaired) electrons. The van der Waals surface area contributed by atoms with Crippen LogP contribution >= 0.6 is 0 Å². The maximum absolute atomic E-state index is 14.2. The van der Waals surface area contributed by atoms with Gasteiger partial charge < -0.3 is 19.4 Å². The summed E-state index contributed by atoms with van der Waals surface area (Å²) in [5, 5.41) is 3.41. The molecule has 2 aliphatic rings. The minimum absolute atomic E-state index is 0.00881. The van der Waals surface area contributed by atoms with E-state index < -0.39 is 6.17 Å². The first kappa shape index (κ1) is 17.9. The highest BCUT2D eigenvalue weighted by molar-refractivity contribution is 6.01. The predicted molar refractivity (Wildman–Crippen MR) is 107 cm³/mol. The van der Waals surface area contributed by atoms with Crippen molar-refractivity contribution < 1.29 is 18.3 Å². The van der Waals surface area contributed by atoms with Crippen molar-refractivity contribution >= 4 is 11.6 Å². The molecule has 2 aromatic carbocycles. The number of nitrogens with zero attached hydrogens (tertiary/aromatic N) is 1. The van der Waals surface area contributed by atoms with Crippen molar-refractivity contribution in [1.29, 1.82) is 0 Å². The molecule has 1 N–H and O–H groups in total. The van der Waals surface area contributed by atoms with Crippen molar-refractivity contribution in [3.63, 3.8) is 0 Å². The number of nitrogens with one attached hydrogen (secondary N) is 1. The topological polar surface area (TPSA) is 54.7 Å². The van der Waals surface area contributed by atoms with E-state index in [0.29, 0.717) is 29.2 Å². The Bertz CT molecular complexity index is 1040. The van der Waals surface area contributed by atoms with Gasteiger partial charge in [-0.25, -0.2) is 4.39 Å². The van der Waals surface area contributed by atoms with Gasteiger partial charge in [-0.2, -0.15) is 0 Å². The Balaban J connectivity index is 1.51. The molecule has 1 fully saturated rings. The molecular formula is C23H21FN2O3. The molecule has 1 aromatic heterocycles. The number of hydrogen-bond acceptors (Lipinski definition) is 4. The zero-order valence-corrected chi connectivity index (χ0v) is 15.8. The van der Waals surface area contributed by atoms with E-state index in [1.54, 1.807) is 35.2 Å². The number of hydrogen-bond donors (Lipinski definition) is 1. The number of fused-ring (bicyclic) bond motifs is 1. The largest absolute Gasteiger partial charge is 0.457 e. The zero-order valence-electron chi connectivity index (χ0n) is 15.8. The predicted octanol–water partition coefficient (Wildman–Crippen LogP) is 4.83. The number of ether oxygens (including phenoxy) is 1. The molecule has 29 heavy (non-hydrogen) atoms. The van der Waals surface area contributed by atoms with Crippen LogP contribution in [-0.2, 0) is 4.74 Å². The molecule has 5 rings (SSSR count). The van der Waals surface area contributed by atoms with E-state index in [1.165, 1.54) is 6.07 Å². The molecule has 3 heterocycles. The van der Waals surface area contributed by atoms with Crippen LogP contribution in [0.3, 0.4) is 0 Å². The molecule has 1 amide bonds. The number of benzene rings is 2. The number of carbonyl (C=O) groups excluding carboxylic acids is 1. The summed E-state index contributed by atoms with van der Waals surface area (Å²) in [5.41, 5.74) is 1.78. The number of rotatable bonds is 4. The second kappa shape index (κ2) is 7.37. The number of para-hydroxylation sites is 1. The fourth-order valence-electron chi connectivity index (χ4n) is 4.02. The summed E-state index contributed by atoms with van der Waals surface area (Å²) in [7, 11) is 0. The van der Waals surface area contributed by atoms with Crippen LogP contribution in [0, 0.1) is 5.82 Å². The van der Waals surface area contributed by atoms with Gasteiger partial charge in [0.25, 0.3) is 5.91 Å². The van der Waals surface area contributed by atoms with E-state index >= 15 is 0 Å². The third-order valence-corrected chi connectivity index (χ3v) is 5.48. The second-order valence-corrected chi connectivity index (χ2v) is 7.37. The lowest BCUT2D eigenvalue weighted by Crippen LogP contribution is -2.46. The molecule has 2 unspecified atom stereocenters. The van der Waals surface area contributed by atoms with Gasteiger partial charge >= 0.3 is 0 Å². The van der Waals surface area contributed by atoms with E-state index in [0.717, 1.165) is 25.1 Å². The zero-order chi connectivity index (χ0) is 19.8. The van der Waals surface area contributed by atoms with E-state index in [4.69, 9.17) is 9.15 Å². The molecule has 0 spiro atoms. The first-order valence-electron chi connectivity index (χ1n) is 9.83. The maximum atomic E-state index is 14.2. The minimum Gasteiger partial charge on any atom is -0.457 e. The van der Waals surface area contributed by atoms with Gasteiger partial charge in [0.1, 0.15) is 17.3 Å². The fraction of sp³-hybridized carbons (Fsp3) is 0.261. The molecule has 148 valence electrons. The lowest BCUT2D eigenvalue weighted by Gasteiger charge is -2.37. The van der Waals surface area contributed by atoms with Gasteiger partial charge in [-0.05, 0) is 49.2 Å². The van der Waals surface area contributed by atoms with Crippen molar-refractivity contribution in [1.82, 2.24) is 4.90 Å². The van der Waals surface area contributed by atoms with E-state index in [-0.39, 0.29) is 17.8 Å². The molecule has 2 aliphatic heterocycles. The van der Waals surface area contributed by atoms with E-state index in [9.17, 15) is 9.18 Å². The summed E-state index contributed by atoms with van der Waals surface area (Å²) >= 11 is 0. The lowest BCUT2D eigenvalue weighted by atomic mass is 10.1. The summed E-state index contributed by atoms with van der Waals surface area (Å²) in [5.74, 6) is 0.582. The normalized spacial score (nSPS) is 21.1. The molecule has 0 bridgehead atoms. The first-order valence-corrected chi connectivity index (χ1v) is 9.83. The quantitative estimate of drug-likeness (QED) is 0.691. The van der Waals surface area contributed by atoms with Crippen LogP contribution in [-0.4, -0.2) is 30.1 Å². The molecular weight excluding hydrogens is 371 g/mol. The Labute approximate surface area is 168 Å². The van der Waals surface area contributed by atoms with Crippen LogP contribution in [0.1, 0.15) is 35.1 Å². The summed E-state index contributed by atoms with van der Waals surface area (Å²) in [6, 6.07) is 17.5. The number of carbonyl (C=O) groups is 1. The number of anilines is 1. The van der Waals surface area contributed by atoms with Crippen molar-refractivity contribution in [3.05, 3.63) is 77.8 Å². The standard InChI is InChI=1S/C23H21FN2O3/c24-18-9-3-1-7-16(18)20-11-12-21(29-20)22-25-19-10-4-2-8-17(19)23(27)26(22)14-15-6-5-13-28-15/h1-4,7-12,15,22,25H,5-6,13-14H2. The third kappa shape index (κ3) is 3.29. The summed E-state index contributed by atoms with van der Waals surface area (Å²) in [6.07, 6.45) is 1.45. The maximum Gasteiger partial charge on any atom is 0.258 e. The van der Waals surface area contributed by atoms with E-state index in [1.807, 2.05) is 24.3 Å². The van der Waals surface area contributed by atoms with Crippen LogP contribution < -0.4 is 5.32 Å².